The zero-order valence-corrected chi connectivity index (χ0v) is 12.7. The molecule has 0 radical (unpaired) electrons. The van der Waals surface area contributed by atoms with Gasteiger partial charge in [0.05, 0.1) is 0 Å². The van der Waals surface area contributed by atoms with Crippen molar-refractivity contribution in [1.29, 1.82) is 0 Å². The number of hydrogen-bond donors (Lipinski definition) is 1. The molecule has 102 valence electrons. The standard InChI is InChI=1S/C17H29N/c1-6-11-18-15(5)12-14(4)17-9-7-16(8-10-17)13(2)3/h7-10,13-15,18H,6,11-12H2,1-5H3. The second kappa shape index (κ2) is 7.58. The topological polar surface area (TPSA) is 12.0 Å². The van der Waals surface area contributed by atoms with Gasteiger partial charge in [-0.2, -0.15) is 0 Å². The molecule has 0 fully saturated rings. The van der Waals surface area contributed by atoms with Gasteiger partial charge in [-0.05, 0) is 49.3 Å². The maximum atomic E-state index is 3.56. The van der Waals surface area contributed by atoms with Gasteiger partial charge < -0.3 is 5.32 Å². The van der Waals surface area contributed by atoms with E-state index in [1.54, 1.807) is 0 Å². The van der Waals surface area contributed by atoms with Crippen LogP contribution in [0.25, 0.3) is 0 Å². The average Bonchev–Trinajstić information content (AvgIpc) is 2.36. The van der Waals surface area contributed by atoms with Gasteiger partial charge in [-0.25, -0.2) is 0 Å². The molecule has 0 saturated heterocycles. The Labute approximate surface area is 113 Å². The summed E-state index contributed by atoms with van der Waals surface area (Å²) in [6.45, 7) is 12.4. The van der Waals surface area contributed by atoms with Crippen molar-refractivity contribution in [2.45, 2.75) is 65.3 Å². The third-order valence-corrected chi connectivity index (χ3v) is 3.62. The Bertz CT molecular complexity index is 326. The summed E-state index contributed by atoms with van der Waals surface area (Å²) in [5, 5.41) is 3.56. The van der Waals surface area contributed by atoms with Gasteiger partial charge in [0.1, 0.15) is 0 Å². The van der Waals surface area contributed by atoms with Crippen LogP contribution in [0, 0.1) is 0 Å². The maximum Gasteiger partial charge on any atom is 0.00444 e. The largest absolute Gasteiger partial charge is 0.314 e. The molecular weight excluding hydrogens is 218 g/mol. The zero-order valence-electron chi connectivity index (χ0n) is 12.7. The third kappa shape index (κ3) is 4.81. The number of rotatable bonds is 7. The van der Waals surface area contributed by atoms with Gasteiger partial charge in [-0.3, -0.25) is 0 Å². The minimum Gasteiger partial charge on any atom is -0.314 e. The van der Waals surface area contributed by atoms with E-state index in [9.17, 15) is 0 Å². The quantitative estimate of drug-likeness (QED) is 0.737. The molecule has 1 N–H and O–H groups in total. The predicted molar refractivity (Wildman–Crippen MR) is 81.3 cm³/mol. The lowest BCUT2D eigenvalue weighted by Gasteiger charge is -2.19. The van der Waals surface area contributed by atoms with Crippen molar-refractivity contribution in [1.82, 2.24) is 5.32 Å². The number of nitrogens with one attached hydrogen (secondary N) is 1. The van der Waals surface area contributed by atoms with Crippen LogP contribution in [-0.4, -0.2) is 12.6 Å². The fraction of sp³-hybridized carbons (Fsp3) is 0.647. The van der Waals surface area contributed by atoms with E-state index in [1.165, 1.54) is 24.0 Å². The number of hydrogen-bond acceptors (Lipinski definition) is 1. The Hall–Kier alpha value is -0.820. The summed E-state index contributed by atoms with van der Waals surface area (Å²) >= 11 is 0. The Morgan fingerprint density at radius 2 is 1.50 bits per heavy atom. The summed E-state index contributed by atoms with van der Waals surface area (Å²) in [5.41, 5.74) is 2.90. The van der Waals surface area contributed by atoms with Crippen molar-refractivity contribution in [3.63, 3.8) is 0 Å². The first-order valence-corrected chi connectivity index (χ1v) is 7.37. The van der Waals surface area contributed by atoms with Gasteiger partial charge in [0.15, 0.2) is 0 Å². The smallest absolute Gasteiger partial charge is 0.00444 e. The van der Waals surface area contributed by atoms with Crippen LogP contribution in [0.1, 0.15) is 70.4 Å². The molecule has 0 aliphatic rings. The molecular formula is C17H29N. The van der Waals surface area contributed by atoms with E-state index in [1.807, 2.05) is 0 Å². The molecule has 0 amide bonds. The molecule has 0 bridgehead atoms. The predicted octanol–water partition coefficient (Wildman–Crippen LogP) is 4.69. The summed E-state index contributed by atoms with van der Waals surface area (Å²) in [5.74, 6) is 1.25. The van der Waals surface area contributed by atoms with E-state index >= 15 is 0 Å². The summed E-state index contributed by atoms with van der Waals surface area (Å²) < 4.78 is 0. The highest BCUT2D eigenvalue weighted by molar-refractivity contribution is 5.26. The first-order valence-electron chi connectivity index (χ1n) is 7.37. The van der Waals surface area contributed by atoms with Gasteiger partial charge in [0.2, 0.25) is 0 Å². The molecule has 1 rings (SSSR count). The van der Waals surface area contributed by atoms with E-state index < -0.39 is 0 Å². The van der Waals surface area contributed by atoms with Crippen LogP contribution < -0.4 is 5.32 Å². The maximum absolute atomic E-state index is 3.56. The van der Waals surface area contributed by atoms with Gasteiger partial charge in [-0.15, -0.1) is 0 Å². The highest BCUT2D eigenvalue weighted by Crippen LogP contribution is 2.23. The van der Waals surface area contributed by atoms with E-state index in [4.69, 9.17) is 0 Å². The van der Waals surface area contributed by atoms with Crippen molar-refractivity contribution in [2.75, 3.05) is 6.54 Å². The first-order chi connectivity index (χ1) is 8.54. The Morgan fingerprint density at radius 1 is 0.944 bits per heavy atom. The Morgan fingerprint density at radius 3 is 2.00 bits per heavy atom. The van der Waals surface area contributed by atoms with Crippen LogP contribution >= 0.6 is 0 Å². The molecule has 2 atom stereocenters. The van der Waals surface area contributed by atoms with Crippen molar-refractivity contribution in [3.8, 4) is 0 Å². The second-order valence-electron chi connectivity index (χ2n) is 5.81. The minimum absolute atomic E-state index is 0.602. The molecule has 0 saturated carbocycles. The van der Waals surface area contributed by atoms with Crippen LogP contribution in [0.15, 0.2) is 24.3 Å². The fourth-order valence-corrected chi connectivity index (χ4v) is 2.35. The monoisotopic (exact) mass is 247 g/mol. The van der Waals surface area contributed by atoms with Crippen molar-refractivity contribution >= 4 is 0 Å². The van der Waals surface area contributed by atoms with Gasteiger partial charge in [0, 0.05) is 6.04 Å². The molecule has 1 heteroatoms. The van der Waals surface area contributed by atoms with Crippen molar-refractivity contribution < 1.29 is 0 Å². The van der Waals surface area contributed by atoms with Crippen LogP contribution in [0.5, 0.6) is 0 Å². The SMILES string of the molecule is CCCNC(C)CC(C)c1ccc(C(C)C)cc1. The first kappa shape index (κ1) is 15.2. The molecule has 0 aromatic heterocycles. The normalized spacial score (nSPS) is 14.8. The zero-order chi connectivity index (χ0) is 13.5. The van der Waals surface area contributed by atoms with Crippen LogP contribution in [0.3, 0.4) is 0 Å². The molecule has 18 heavy (non-hydrogen) atoms. The fourth-order valence-electron chi connectivity index (χ4n) is 2.35. The third-order valence-electron chi connectivity index (χ3n) is 3.62. The minimum atomic E-state index is 0.602. The van der Waals surface area contributed by atoms with E-state index in [-0.39, 0.29) is 0 Å². The average molecular weight is 247 g/mol. The lowest BCUT2D eigenvalue weighted by Crippen LogP contribution is -2.27. The van der Waals surface area contributed by atoms with Crippen LogP contribution in [0.2, 0.25) is 0 Å². The van der Waals surface area contributed by atoms with Gasteiger partial charge in [-0.1, -0.05) is 52.0 Å². The molecule has 2 unspecified atom stereocenters. The Kier molecular flexibility index (Phi) is 6.42. The van der Waals surface area contributed by atoms with Crippen molar-refractivity contribution in [2.24, 2.45) is 0 Å². The summed E-state index contributed by atoms with van der Waals surface area (Å²) in [4.78, 5) is 0. The van der Waals surface area contributed by atoms with Crippen LogP contribution in [0.4, 0.5) is 0 Å². The van der Waals surface area contributed by atoms with Gasteiger partial charge in [0.25, 0.3) is 0 Å². The summed E-state index contributed by atoms with van der Waals surface area (Å²) in [6, 6.07) is 9.75. The molecule has 1 aromatic rings. The van der Waals surface area contributed by atoms with Crippen LogP contribution in [-0.2, 0) is 0 Å². The summed E-state index contributed by atoms with van der Waals surface area (Å²) in [7, 11) is 0. The highest BCUT2D eigenvalue weighted by Gasteiger charge is 2.10. The highest BCUT2D eigenvalue weighted by atomic mass is 14.9. The summed E-state index contributed by atoms with van der Waals surface area (Å²) in [6.07, 6.45) is 2.42. The van der Waals surface area contributed by atoms with E-state index in [0.29, 0.717) is 17.9 Å². The Balaban J connectivity index is 2.53. The van der Waals surface area contributed by atoms with E-state index in [0.717, 1.165) is 6.54 Å². The molecule has 1 aromatic carbocycles. The molecule has 0 spiro atoms. The second-order valence-corrected chi connectivity index (χ2v) is 5.81. The lowest BCUT2D eigenvalue weighted by atomic mass is 9.92. The molecule has 1 nitrogen and oxygen atoms in total. The molecule has 0 aliphatic heterocycles. The molecule has 0 aliphatic carbocycles. The van der Waals surface area contributed by atoms with Gasteiger partial charge >= 0.3 is 0 Å². The number of benzene rings is 1. The van der Waals surface area contributed by atoms with E-state index in [2.05, 4.69) is 64.2 Å². The lowest BCUT2D eigenvalue weighted by molar-refractivity contribution is 0.479. The van der Waals surface area contributed by atoms with Crippen molar-refractivity contribution in [3.05, 3.63) is 35.4 Å². The molecule has 0 heterocycles.